The number of rotatable bonds is 9. The Hall–Kier alpha value is -2.67. The average Bonchev–Trinajstić information content (AvgIpc) is 3.31. The van der Waals surface area contributed by atoms with E-state index in [1.807, 2.05) is 43.3 Å². The Morgan fingerprint density at radius 2 is 1.67 bits per heavy atom. The molecule has 178 valence electrons. The molecule has 33 heavy (non-hydrogen) atoms. The summed E-state index contributed by atoms with van der Waals surface area (Å²) in [6, 6.07) is 15.1. The van der Waals surface area contributed by atoms with Crippen LogP contribution in [-0.2, 0) is 24.4 Å². The van der Waals surface area contributed by atoms with Gasteiger partial charge in [0.05, 0.1) is 18.8 Å². The summed E-state index contributed by atoms with van der Waals surface area (Å²) in [5, 5.41) is 10.6. The van der Waals surface area contributed by atoms with Crippen molar-refractivity contribution in [1.29, 1.82) is 0 Å². The van der Waals surface area contributed by atoms with E-state index in [0.717, 1.165) is 16.8 Å². The predicted octanol–water partition coefficient (Wildman–Crippen LogP) is 4.22. The molecule has 11 heteroatoms. The molecule has 3 rings (SSSR count). The molecule has 0 aliphatic carbocycles. The minimum Gasteiger partial charge on any atom is -0.367 e. The molecule has 1 heterocycles. The van der Waals surface area contributed by atoms with Crippen molar-refractivity contribution in [1.82, 2.24) is 25.4 Å². The second kappa shape index (κ2) is 13.1. The first-order chi connectivity index (χ1) is 15.4. The van der Waals surface area contributed by atoms with Crippen LogP contribution >= 0.6 is 24.0 Å². The van der Waals surface area contributed by atoms with Gasteiger partial charge in [0.15, 0.2) is 5.96 Å². The number of hydrogen-bond acceptors (Lipinski definition) is 4. The molecule has 0 spiro atoms. The van der Waals surface area contributed by atoms with Gasteiger partial charge in [-0.05, 0) is 35.7 Å². The molecule has 0 amide bonds. The molecule has 0 bridgehead atoms. The van der Waals surface area contributed by atoms with Gasteiger partial charge in [0.25, 0.3) is 0 Å². The van der Waals surface area contributed by atoms with Crippen LogP contribution in [0.2, 0.25) is 0 Å². The van der Waals surface area contributed by atoms with Gasteiger partial charge in [-0.15, -0.1) is 24.0 Å². The zero-order valence-corrected chi connectivity index (χ0v) is 20.4. The number of alkyl halides is 3. The van der Waals surface area contributed by atoms with Gasteiger partial charge in [0, 0.05) is 13.1 Å². The highest BCUT2D eigenvalue weighted by atomic mass is 127. The topological polar surface area (TPSA) is 76.4 Å². The maximum Gasteiger partial charge on any atom is 0.411 e. The van der Waals surface area contributed by atoms with Crippen molar-refractivity contribution >= 4 is 29.9 Å². The molecule has 0 unspecified atom stereocenters. The fourth-order valence-corrected chi connectivity index (χ4v) is 2.83. The van der Waals surface area contributed by atoms with Gasteiger partial charge in [-0.1, -0.05) is 36.4 Å². The Morgan fingerprint density at radius 3 is 2.27 bits per heavy atom. The maximum atomic E-state index is 12.2. The first kappa shape index (κ1) is 26.6. The lowest BCUT2D eigenvalue weighted by molar-refractivity contribution is -0.176. The number of hydrogen-bond donors (Lipinski definition) is 2. The molecule has 2 aromatic carbocycles. The lowest BCUT2D eigenvalue weighted by atomic mass is 10.1. The van der Waals surface area contributed by atoms with Crippen LogP contribution in [0, 0.1) is 0 Å². The molecule has 0 aliphatic heterocycles. The quantitative estimate of drug-likeness (QED) is 0.228. The molecular weight excluding hydrogens is 548 g/mol. The third kappa shape index (κ3) is 9.38. The lowest BCUT2D eigenvalue weighted by Gasteiger charge is -2.12. The number of guanidine groups is 1. The number of nitrogens with one attached hydrogen (secondary N) is 2. The minimum atomic E-state index is -4.31. The summed E-state index contributed by atoms with van der Waals surface area (Å²) in [5.74, 6) is 0.672. The Kier molecular flexibility index (Phi) is 10.6. The summed E-state index contributed by atoms with van der Waals surface area (Å²) in [6.45, 7) is 2.41. The number of aliphatic imine (C=N–C) groups is 1. The van der Waals surface area contributed by atoms with E-state index in [4.69, 9.17) is 0 Å². The van der Waals surface area contributed by atoms with Crippen molar-refractivity contribution in [2.75, 3.05) is 13.2 Å². The van der Waals surface area contributed by atoms with Gasteiger partial charge in [-0.25, -0.2) is 14.7 Å². The Bertz CT molecular complexity index is 977. The summed E-state index contributed by atoms with van der Waals surface area (Å²) in [4.78, 5) is 8.54. The second-order valence-corrected chi connectivity index (χ2v) is 6.98. The highest BCUT2D eigenvalue weighted by molar-refractivity contribution is 14.0. The van der Waals surface area contributed by atoms with Crippen molar-refractivity contribution in [3.63, 3.8) is 0 Å². The number of aromatic nitrogens is 3. The number of nitrogens with zero attached hydrogens (tertiary/aromatic N) is 4. The van der Waals surface area contributed by atoms with E-state index in [1.165, 1.54) is 6.33 Å². The molecular formula is C22H26F3IN6O. The molecule has 7 nitrogen and oxygen atoms in total. The molecule has 1 aromatic heterocycles. The van der Waals surface area contributed by atoms with Crippen LogP contribution in [-0.4, -0.2) is 40.1 Å². The monoisotopic (exact) mass is 574 g/mol. The summed E-state index contributed by atoms with van der Waals surface area (Å²) >= 11 is 0. The fraction of sp³-hybridized carbons (Fsp3) is 0.318. The first-order valence-electron chi connectivity index (χ1n) is 10.1. The zero-order valence-electron chi connectivity index (χ0n) is 18.0. The van der Waals surface area contributed by atoms with Crippen LogP contribution in [0.5, 0.6) is 0 Å². The van der Waals surface area contributed by atoms with Gasteiger partial charge in [0.2, 0.25) is 0 Å². The minimum absolute atomic E-state index is 0. The van der Waals surface area contributed by atoms with Crippen LogP contribution < -0.4 is 10.6 Å². The summed E-state index contributed by atoms with van der Waals surface area (Å²) in [5.41, 5.74) is 3.64. The molecule has 0 fully saturated rings. The highest BCUT2D eigenvalue weighted by Gasteiger charge is 2.27. The fourth-order valence-electron chi connectivity index (χ4n) is 2.83. The van der Waals surface area contributed by atoms with E-state index in [1.54, 1.807) is 23.1 Å². The third-order valence-electron chi connectivity index (χ3n) is 4.40. The number of halogens is 4. The van der Waals surface area contributed by atoms with Crippen LogP contribution in [0.15, 0.2) is 66.2 Å². The summed E-state index contributed by atoms with van der Waals surface area (Å²) in [7, 11) is 0. The van der Waals surface area contributed by atoms with Crippen molar-refractivity contribution in [2.45, 2.75) is 32.8 Å². The highest BCUT2D eigenvalue weighted by Crippen LogP contribution is 2.16. The summed E-state index contributed by atoms with van der Waals surface area (Å²) in [6.07, 6.45) is -1.19. The smallest absolute Gasteiger partial charge is 0.367 e. The van der Waals surface area contributed by atoms with E-state index < -0.39 is 12.8 Å². The normalized spacial score (nSPS) is 11.7. The molecule has 0 radical (unpaired) electrons. The van der Waals surface area contributed by atoms with Crippen molar-refractivity contribution in [3.05, 3.63) is 77.9 Å². The van der Waals surface area contributed by atoms with Gasteiger partial charge < -0.3 is 15.4 Å². The standard InChI is InChI=1S/C22H25F3N6O.HI/c1-2-27-21(29-12-18-7-9-20(10-8-18)31-16-26-15-30-31)28-11-17-3-5-19(6-4-17)13-32-14-22(23,24)25;/h3-10,15-16H,2,11-14H2,1H3,(H2,27,28,29);1H. The Labute approximate surface area is 207 Å². The Morgan fingerprint density at radius 1 is 1.00 bits per heavy atom. The molecule has 0 aliphatic rings. The summed E-state index contributed by atoms with van der Waals surface area (Å²) < 4.78 is 42.8. The van der Waals surface area contributed by atoms with E-state index in [2.05, 4.69) is 30.4 Å². The average molecular weight is 574 g/mol. The van der Waals surface area contributed by atoms with E-state index in [0.29, 0.717) is 31.2 Å². The molecule has 0 saturated heterocycles. The van der Waals surface area contributed by atoms with Crippen molar-refractivity contribution in [2.24, 2.45) is 4.99 Å². The SMILES string of the molecule is CCNC(=NCc1ccc(-n2cncn2)cc1)NCc1ccc(COCC(F)(F)F)cc1.I. The Balaban J connectivity index is 0.00000385. The van der Waals surface area contributed by atoms with Gasteiger partial charge in [0.1, 0.15) is 19.3 Å². The van der Waals surface area contributed by atoms with Gasteiger partial charge in [-0.2, -0.15) is 18.3 Å². The van der Waals surface area contributed by atoms with Crippen LogP contribution in [0.1, 0.15) is 23.6 Å². The van der Waals surface area contributed by atoms with E-state index >= 15 is 0 Å². The lowest BCUT2D eigenvalue weighted by Crippen LogP contribution is -2.36. The largest absolute Gasteiger partial charge is 0.411 e. The predicted molar refractivity (Wildman–Crippen MR) is 131 cm³/mol. The second-order valence-electron chi connectivity index (χ2n) is 6.98. The van der Waals surface area contributed by atoms with Crippen LogP contribution in [0.3, 0.4) is 0 Å². The van der Waals surface area contributed by atoms with Crippen molar-refractivity contribution < 1.29 is 17.9 Å². The molecule has 2 N–H and O–H groups in total. The number of ether oxygens (including phenoxy) is 1. The van der Waals surface area contributed by atoms with Gasteiger partial charge in [-0.3, -0.25) is 0 Å². The first-order valence-corrected chi connectivity index (χ1v) is 10.1. The van der Waals surface area contributed by atoms with E-state index in [9.17, 15) is 13.2 Å². The van der Waals surface area contributed by atoms with Gasteiger partial charge >= 0.3 is 6.18 Å². The zero-order chi connectivity index (χ0) is 22.8. The molecule has 0 atom stereocenters. The van der Waals surface area contributed by atoms with Crippen molar-refractivity contribution in [3.8, 4) is 5.69 Å². The van der Waals surface area contributed by atoms with Crippen LogP contribution in [0.4, 0.5) is 13.2 Å². The maximum absolute atomic E-state index is 12.2. The molecule has 3 aromatic rings. The molecule has 0 saturated carbocycles. The number of benzene rings is 2. The van der Waals surface area contributed by atoms with E-state index in [-0.39, 0.29) is 30.6 Å². The van der Waals surface area contributed by atoms with Crippen LogP contribution in [0.25, 0.3) is 5.69 Å². The third-order valence-corrected chi connectivity index (χ3v) is 4.40.